The maximum Gasteiger partial charge on any atom is 0.416 e. The van der Waals surface area contributed by atoms with Crippen LogP contribution in [0.2, 0.25) is 0 Å². The summed E-state index contributed by atoms with van der Waals surface area (Å²) in [7, 11) is 2.63. The molecule has 1 aliphatic carbocycles. The summed E-state index contributed by atoms with van der Waals surface area (Å²) in [6.07, 6.45) is -0.829. The first kappa shape index (κ1) is 24.9. The summed E-state index contributed by atoms with van der Waals surface area (Å²) in [5.41, 5.74) is -0.480. The van der Waals surface area contributed by atoms with Crippen LogP contribution in [-0.2, 0) is 9.53 Å². The molecule has 1 atom stereocenters. The van der Waals surface area contributed by atoms with E-state index in [-0.39, 0.29) is 11.5 Å². The van der Waals surface area contributed by atoms with Crippen molar-refractivity contribution in [3.63, 3.8) is 0 Å². The molecule has 30 heavy (non-hydrogen) atoms. The second-order valence-corrected chi connectivity index (χ2v) is 9.38. The van der Waals surface area contributed by atoms with E-state index in [0.717, 1.165) is 63.9 Å². The second kappa shape index (κ2) is 9.82. The minimum Gasteiger partial charge on any atom is -0.486 e. The lowest BCUT2D eigenvalue weighted by Gasteiger charge is -2.35. The van der Waals surface area contributed by atoms with Crippen molar-refractivity contribution < 1.29 is 27.4 Å². The Morgan fingerprint density at radius 1 is 1.47 bits per heavy atom. The fourth-order valence-corrected chi connectivity index (χ4v) is 4.26. The standard InChI is InChI=1S/C14H14IN3O2S.C5H9F3O/c15-21-18-7-11(6-14(8-16)3-4-14)20-13-2-1-10(17-9-19)5-12(13)18;1-4(2,9-3)5(6,7)8/h1-2,5,9,11H,3-4,6-7H2,(H,17,19);1-3H3. The topological polar surface area (TPSA) is 74.6 Å². The third kappa shape index (κ3) is 6.07. The van der Waals surface area contributed by atoms with Crippen LogP contribution in [0.4, 0.5) is 24.5 Å². The van der Waals surface area contributed by atoms with Gasteiger partial charge in [-0.15, -0.1) is 0 Å². The van der Waals surface area contributed by atoms with Crippen molar-refractivity contribution in [1.29, 1.82) is 5.26 Å². The van der Waals surface area contributed by atoms with Crippen molar-refractivity contribution in [1.82, 2.24) is 0 Å². The zero-order chi connectivity index (χ0) is 22.6. The SMILES string of the molecule is COC(C)(C)C(F)(F)F.N#CC1(CC2CN(SI)c3cc(NC=O)ccc3O2)CC1. The first-order valence-electron chi connectivity index (χ1n) is 9.11. The Morgan fingerprint density at radius 2 is 2.13 bits per heavy atom. The number of hydrogen-bond acceptors (Lipinski definition) is 6. The lowest BCUT2D eigenvalue weighted by molar-refractivity contribution is -0.255. The van der Waals surface area contributed by atoms with E-state index in [9.17, 15) is 23.2 Å². The van der Waals surface area contributed by atoms with Gasteiger partial charge < -0.3 is 19.1 Å². The number of ether oxygens (including phenoxy) is 2. The van der Waals surface area contributed by atoms with Crippen molar-refractivity contribution in [3.8, 4) is 11.8 Å². The monoisotopic (exact) mass is 557 g/mol. The van der Waals surface area contributed by atoms with E-state index in [1.807, 2.05) is 18.2 Å². The number of halogens is 4. The molecule has 0 bridgehead atoms. The first-order chi connectivity index (χ1) is 14.0. The van der Waals surface area contributed by atoms with Crippen molar-refractivity contribution >= 4 is 48.1 Å². The van der Waals surface area contributed by atoms with Crippen LogP contribution in [0.1, 0.15) is 33.1 Å². The van der Waals surface area contributed by atoms with E-state index < -0.39 is 11.8 Å². The average molecular weight is 557 g/mol. The van der Waals surface area contributed by atoms with Gasteiger partial charge in [-0.2, -0.15) is 18.4 Å². The van der Waals surface area contributed by atoms with Crippen LogP contribution < -0.4 is 14.4 Å². The van der Waals surface area contributed by atoms with Gasteiger partial charge in [0.1, 0.15) is 11.9 Å². The number of anilines is 2. The molecule has 1 heterocycles. The summed E-state index contributed by atoms with van der Waals surface area (Å²) in [5, 5.41) is 11.9. The molecule has 1 aliphatic heterocycles. The molecule has 1 amide bonds. The molecule has 1 unspecified atom stereocenters. The van der Waals surface area contributed by atoms with Gasteiger partial charge in [0, 0.05) is 49.5 Å². The number of nitrogens with zero attached hydrogens (tertiary/aromatic N) is 2. The molecule has 1 aromatic carbocycles. The lowest BCUT2D eigenvalue weighted by atomic mass is 9.99. The van der Waals surface area contributed by atoms with Gasteiger partial charge >= 0.3 is 6.18 Å². The lowest BCUT2D eigenvalue weighted by Crippen LogP contribution is -2.40. The van der Waals surface area contributed by atoms with Gasteiger partial charge in [0.2, 0.25) is 6.41 Å². The summed E-state index contributed by atoms with van der Waals surface area (Å²) in [6, 6.07) is 8.03. The molecule has 3 rings (SSSR count). The van der Waals surface area contributed by atoms with Crippen LogP contribution in [0.3, 0.4) is 0 Å². The molecule has 1 saturated carbocycles. The number of methoxy groups -OCH3 is 1. The molecule has 166 valence electrons. The number of benzene rings is 1. The number of rotatable bonds is 6. The Morgan fingerprint density at radius 3 is 2.57 bits per heavy atom. The van der Waals surface area contributed by atoms with E-state index in [1.165, 1.54) is 0 Å². The highest BCUT2D eigenvalue weighted by atomic mass is 127. The van der Waals surface area contributed by atoms with Crippen molar-refractivity contribution in [2.24, 2.45) is 5.41 Å². The highest BCUT2D eigenvalue weighted by Crippen LogP contribution is 2.51. The predicted molar refractivity (Wildman–Crippen MR) is 119 cm³/mol. The van der Waals surface area contributed by atoms with Gasteiger partial charge in [-0.05, 0) is 44.9 Å². The Hall–Kier alpha value is -1.39. The molecule has 0 spiro atoms. The third-order valence-electron chi connectivity index (χ3n) is 5.10. The number of amides is 1. The smallest absolute Gasteiger partial charge is 0.416 e. The number of hydrogen-bond donors (Lipinski definition) is 1. The zero-order valence-electron chi connectivity index (χ0n) is 16.8. The summed E-state index contributed by atoms with van der Waals surface area (Å²) in [4.78, 5) is 10.5. The molecule has 6 nitrogen and oxygen atoms in total. The van der Waals surface area contributed by atoms with Crippen LogP contribution in [-0.4, -0.2) is 37.9 Å². The van der Waals surface area contributed by atoms with Crippen molar-refractivity contribution in [2.75, 3.05) is 23.3 Å². The summed E-state index contributed by atoms with van der Waals surface area (Å²) in [5.74, 6) is 0.806. The normalized spacial score (nSPS) is 19.4. The molecular weight excluding hydrogens is 534 g/mol. The Bertz CT molecular complexity index is 797. The number of carbonyl (C=O) groups excluding carboxylic acids is 1. The van der Waals surface area contributed by atoms with Crippen LogP contribution in [0, 0.1) is 16.7 Å². The summed E-state index contributed by atoms with van der Waals surface area (Å²) < 4.78 is 47.5. The number of nitrogens with one attached hydrogen (secondary N) is 1. The second-order valence-electron chi connectivity index (χ2n) is 7.62. The minimum absolute atomic E-state index is 0.0341. The van der Waals surface area contributed by atoms with Gasteiger partial charge in [0.15, 0.2) is 5.60 Å². The van der Waals surface area contributed by atoms with E-state index in [2.05, 4.69) is 41.6 Å². The molecule has 0 aromatic heterocycles. The molecule has 1 aromatic rings. The summed E-state index contributed by atoms with van der Waals surface area (Å²) >= 11 is 2.24. The Kier molecular flexibility index (Phi) is 8.15. The molecule has 11 heteroatoms. The van der Waals surface area contributed by atoms with Gasteiger partial charge in [0.25, 0.3) is 0 Å². The largest absolute Gasteiger partial charge is 0.486 e. The highest BCUT2D eigenvalue weighted by Gasteiger charge is 2.48. The van der Waals surface area contributed by atoms with E-state index in [4.69, 9.17) is 4.74 Å². The number of alkyl halides is 3. The molecule has 2 aliphatic rings. The summed E-state index contributed by atoms with van der Waals surface area (Å²) in [6.45, 7) is 2.70. The van der Waals surface area contributed by atoms with Crippen molar-refractivity contribution in [3.05, 3.63) is 18.2 Å². The zero-order valence-corrected chi connectivity index (χ0v) is 19.7. The molecular formula is C19H23F3IN3O3S. The van der Waals surface area contributed by atoms with E-state index >= 15 is 0 Å². The Labute approximate surface area is 190 Å². The van der Waals surface area contributed by atoms with Crippen LogP contribution in [0.5, 0.6) is 5.75 Å². The van der Waals surface area contributed by atoms with Crippen molar-refractivity contribution in [2.45, 2.75) is 51.0 Å². The molecule has 0 saturated heterocycles. The van der Waals surface area contributed by atoms with E-state index in [0.29, 0.717) is 6.41 Å². The highest BCUT2D eigenvalue weighted by molar-refractivity contribution is 14.2. The maximum absolute atomic E-state index is 11.7. The minimum atomic E-state index is -4.28. The fraction of sp³-hybridized carbons (Fsp3) is 0.579. The molecule has 1 fully saturated rings. The van der Waals surface area contributed by atoms with Gasteiger partial charge in [-0.25, -0.2) is 0 Å². The maximum atomic E-state index is 11.7. The van der Waals surface area contributed by atoms with Crippen LogP contribution in [0.25, 0.3) is 0 Å². The van der Waals surface area contributed by atoms with Gasteiger partial charge in [-0.3, -0.25) is 4.79 Å². The number of carbonyl (C=O) groups is 1. The van der Waals surface area contributed by atoms with E-state index in [1.54, 1.807) is 9.12 Å². The van der Waals surface area contributed by atoms with Crippen LogP contribution in [0.15, 0.2) is 18.2 Å². The molecule has 1 N–H and O–H groups in total. The van der Waals surface area contributed by atoms with Gasteiger partial charge in [0.05, 0.1) is 23.7 Å². The predicted octanol–water partition coefficient (Wildman–Crippen LogP) is 5.49. The number of nitriles is 1. The molecule has 0 radical (unpaired) electrons. The number of fused-ring (bicyclic) bond motifs is 1. The quantitative estimate of drug-likeness (QED) is 0.284. The Balaban J connectivity index is 0.000000303. The average Bonchev–Trinajstić information content (AvgIpc) is 3.47. The fourth-order valence-electron chi connectivity index (χ4n) is 2.71. The third-order valence-corrected chi connectivity index (χ3v) is 7.04. The first-order valence-corrected chi connectivity index (χ1v) is 12.4. The van der Waals surface area contributed by atoms with Gasteiger partial charge in [-0.1, -0.05) is 0 Å². The van der Waals surface area contributed by atoms with Crippen LogP contribution >= 0.6 is 30.3 Å².